The standard InChI is InChI=1S/C8H15N3/c1-3-11-8-6-10(2)5-7(8)4-9-11/h4,7-8H,3,5-6H2,1-2H3. The number of hydrazone groups is 1. The molecule has 0 aromatic heterocycles. The summed E-state index contributed by atoms with van der Waals surface area (Å²) >= 11 is 0. The maximum atomic E-state index is 4.35. The lowest BCUT2D eigenvalue weighted by Gasteiger charge is -2.20. The molecule has 1 fully saturated rings. The van der Waals surface area contributed by atoms with Crippen LogP contribution < -0.4 is 0 Å². The SMILES string of the molecule is CCN1N=CC2CN(C)CC21. The Kier molecular flexibility index (Phi) is 1.60. The summed E-state index contributed by atoms with van der Waals surface area (Å²) in [6.07, 6.45) is 2.11. The Labute approximate surface area is 67.7 Å². The molecule has 0 spiro atoms. The van der Waals surface area contributed by atoms with Gasteiger partial charge in [0.25, 0.3) is 0 Å². The van der Waals surface area contributed by atoms with Crippen LogP contribution in [0.1, 0.15) is 6.92 Å². The normalized spacial score (nSPS) is 36.7. The highest BCUT2D eigenvalue weighted by Crippen LogP contribution is 2.24. The van der Waals surface area contributed by atoms with Gasteiger partial charge in [-0.1, -0.05) is 0 Å². The fraction of sp³-hybridized carbons (Fsp3) is 0.875. The summed E-state index contributed by atoms with van der Waals surface area (Å²) in [4.78, 5) is 2.38. The average Bonchev–Trinajstić information content (AvgIpc) is 2.45. The van der Waals surface area contributed by atoms with E-state index in [1.165, 1.54) is 13.1 Å². The molecule has 2 atom stereocenters. The van der Waals surface area contributed by atoms with Crippen molar-refractivity contribution in [1.29, 1.82) is 0 Å². The number of likely N-dealkylation sites (tertiary alicyclic amines) is 1. The third-order valence-corrected chi connectivity index (χ3v) is 2.63. The van der Waals surface area contributed by atoms with Crippen molar-refractivity contribution in [3.8, 4) is 0 Å². The van der Waals surface area contributed by atoms with E-state index in [9.17, 15) is 0 Å². The molecular formula is C8H15N3. The van der Waals surface area contributed by atoms with Gasteiger partial charge in [-0.15, -0.1) is 0 Å². The first-order valence-electron chi connectivity index (χ1n) is 4.30. The summed E-state index contributed by atoms with van der Waals surface area (Å²) in [5, 5.41) is 6.56. The van der Waals surface area contributed by atoms with Crippen LogP contribution >= 0.6 is 0 Å². The summed E-state index contributed by atoms with van der Waals surface area (Å²) in [5.41, 5.74) is 0. The molecule has 2 unspecified atom stereocenters. The van der Waals surface area contributed by atoms with Gasteiger partial charge in [-0.3, -0.25) is 5.01 Å². The van der Waals surface area contributed by atoms with Gasteiger partial charge in [0.2, 0.25) is 0 Å². The molecule has 0 saturated carbocycles. The van der Waals surface area contributed by atoms with E-state index in [1.54, 1.807) is 0 Å². The zero-order chi connectivity index (χ0) is 7.84. The molecule has 11 heavy (non-hydrogen) atoms. The lowest BCUT2D eigenvalue weighted by Crippen LogP contribution is -2.32. The quantitative estimate of drug-likeness (QED) is 0.537. The van der Waals surface area contributed by atoms with Crippen molar-refractivity contribution in [2.75, 3.05) is 26.7 Å². The Morgan fingerprint density at radius 3 is 3.09 bits per heavy atom. The molecule has 2 rings (SSSR count). The zero-order valence-electron chi connectivity index (χ0n) is 7.20. The second kappa shape index (κ2) is 2.48. The molecule has 0 aromatic rings. The summed E-state index contributed by atoms with van der Waals surface area (Å²) in [6.45, 7) is 5.58. The number of nitrogens with zero attached hydrogens (tertiary/aromatic N) is 3. The Balaban J connectivity index is 2.07. The molecule has 0 aliphatic carbocycles. The van der Waals surface area contributed by atoms with Crippen molar-refractivity contribution < 1.29 is 0 Å². The fourth-order valence-corrected chi connectivity index (χ4v) is 2.05. The summed E-state index contributed by atoms with van der Waals surface area (Å²) in [6, 6.07) is 0.671. The van der Waals surface area contributed by atoms with Crippen molar-refractivity contribution in [2.45, 2.75) is 13.0 Å². The topological polar surface area (TPSA) is 18.8 Å². The van der Waals surface area contributed by atoms with Crippen molar-refractivity contribution >= 4 is 6.21 Å². The molecule has 2 heterocycles. The van der Waals surface area contributed by atoms with Gasteiger partial charge in [-0.25, -0.2) is 0 Å². The summed E-state index contributed by atoms with van der Waals surface area (Å²) in [7, 11) is 2.18. The smallest absolute Gasteiger partial charge is 0.0687 e. The van der Waals surface area contributed by atoms with Crippen LogP contribution in [-0.2, 0) is 0 Å². The Morgan fingerprint density at radius 2 is 2.36 bits per heavy atom. The molecule has 0 bridgehead atoms. The molecule has 1 saturated heterocycles. The maximum absolute atomic E-state index is 4.35. The number of fused-ring (bicyclic) bond motifs is 1. The van der Waals surface area contributed by atoms with E-state index >= 15 is 0 Å². The van der Waals surface area contributed by atoms with Gasteiger partial charge in [0.05, 0.1) is 6.04 Å². The minimum atomic E-state index is 0.671. The van der Waals surface area contributed by atoms with Crippen LogP contribution in [-0.4, -0.2) is 48.8 Å². The number of hydrogen-bond acceptors (Lipinski definition) is 3. The van der Waals surface area contributed by atoms with Crippen LogP contribution in [0.4, 0.5) is 0 Å². The first-order valence-corrected chi connectivity index (χ1v) is 4.30. The molecule has 0 aromatic carbocycles. The molecular weight excluding hydrogens is 138 g/mol. The van der Waals surface area contributed by atoms with E-state index in [4.69, 9.17) is 0 Å². The Bertz CT molecular complexity index is 176. The van der Waals surface area contributed by atoms with Crippen LogP contribution in [0.15, 0.2) is 5.10 Å². The zero-order valence-corrected chi connectivity index (χ0v) is 7.20. The first kappa shape index (κ1) is 7.10. The second-order valence-corrected chi connectivity index (χ2v) is 3.47. The highest BCUT2D eigenvalue weighted by Gasteiger charge is 2.36. The molecule has 0 N–H and O–H groups in total. The van der Waals surface area contributed by atoms with Gasteiger partial charge in [0.15, 0.2) is 0 Å². The van der Waals surface area contributed by atoms with E-state index in [0.717, 1.165) is 6.54 Å². The fourth-order valence-electron chi connectivity index (χ4n) is 2.05. The lowest BCUT2D eigenvalue weighted by molar-refractivity contribution is 0.226. The van der Waals surface area contributed by atoms with Gasteiger partial charge < -0.3 is 4.90 Å². The Morgan fingerprint density at radius 1 is 1.55 bits per heavy atom. The van der Waals surface area contributed by atoms with Crippen molar-refractivity contribution in [3.63, 3.8) is 0 Å². The third kappa shape index (κ3) is 1.03. The molecule has 62 valence electrons. The van der Waals surface area contributed by atoms with E-state index in [1.807, 2.05) is 0 Å². The lowest BCUT2D eigenvalue weighted by atomic mass is 10.1. The number of hydrogen-bond donors (Lipinski definition) is 0. The molecule has 0 radical (unpaired) electrons. The van der Waals surface area contributed by atoms with Crippen LogP contribution in [0.2, 0.25) is 0 Å². The third-order valence-electron chi connectivity index (χ3n) is 2.63. The van der Waals surface area contributed by atoms with Gasteiger partial charge in [-0.2, -0.15) is 5.10 Å². The number of likely N-dealkylation sites (N-methyl/N-ethyl adjacent to an activating group) is 2. The molecule has 3 nitrogen and oxygen atoms in total. The van der Waals surface area contributed by atoms with Crippen LogP contribution in [0.3, 0.4) is 0 Å². The van der Waals surface area contributed by atoms with Gasteiger partial charge in [0, 0.05) is 31.8 Å². The number of rotatable bonds is 1. The monoisotopic (exact) mass is 153 g/mol. The minimum absolute atomic E-state index is 0.671. The van der Waals surface area contributed by atoms with Crippen molar-refractivity contribution in [1.82, 2.24) is 9.91 Å². The predicted molar refractivity (Wildman–Crippen MR) is 45.6 cm³/mol. The van der Waals surface area contributed by atoms with E-state index in [0.29, 0.717) is 12.0 Å². The van der Waals surface area contributed by atoms with Gasteiger partial charge in [0.1, 0.15) is 0 Å². The minimum Gasteiger partial charge on any atom is -0.304 e. The Hall–Kier alpha value is -0.570. The maximum Gasteiger partial charge on any atom is 0.0687 e. The molecule has 2 aliphatic heterocycles. The van der Waals surface area contributed by atoms with Gasteiger partial charge >= 0.3 is 0 Å². The summed E-state index contributed by atoms with van der Waals surface area (Å²) in [5.74, 6) is 0.694. The molecule has 2 aliphatic rings. The molecule has 0 amide bonds. The second-order valence-electron chi connectivity index (χ2n) is 3.47. The highest BCUT2D eigenvalue weighted by molar-refractivity contribution is 5.64. The van der Waals surface area contributed by atoms with Crippen LogP contribution in [0, 0.1) is 5.92 Å². The first-order chi connectivity index (χ1) is 5.31. The van der Waals surface area contributed by atoms with Crippen LogP contribution in [0.25, 0.3) is 0 Å². The highest BCUT2D eigenvalue weighted by atomic mass is 15.5. The van der Waals surface area contributed by atoms with E-state index < -0.39 is 0 Å². The summed E-state index contributed by atoms with van der Waals surface area (Å²) < 4.78 is 0. The average molecular weight is 153 g/mol. The van der Waals surface area contributed by atoms with E-state index in [-0.39, 0.29) is 0 Å². The molecule has 3 heteroatoms. The van der Waals surface area contributed by atoms with Crippen LogP contribution in [0.5, 0.6) is 0 Å². The van der Waals surface area contributed by atoms with Crippen molar-refractivity contribution in [3.05, 3.63) is 0 Å². The largest absolute Gasteiger partial charge is 0.304 e. The van der Waals surface area contributed by atoms with Gasteiger partial charge in [-0.05, 0) is 14.0 Å². The van der Waals surface area contributed by atoms with Crippen molar-refractivity contribution in [2.24, 2.45) is 11.0 Å². The predicted octanol–water partition coefficient (Wildman–Crippen LogP) is 0.238. The van der Waals surface area contributed by atoms with E-state index in [2.05, 4.69) is 35.2 Å².